The maximum atomic E-state index is 10.9. The molecule has 0 aromatic rings. The molecule has 0 aromatic carbocycles. The Morgan fingerprint density at radius 3 is 3.00 bits per heavy atom. The van der Waals surface area contributed by atoms with Gasteiger partial charge in [-0.1, -0.05) is 19.1 Å². The average molecular weight is 181 g/mol. The first-order valence-electron chi connectivity index (χ1n) is 7.75. The van der Waals surface area contributed by atoms with E-state index >= 15 is 0 Å². The molecule has 2 atom stereocenters. The minimum Gasteiger partial charge on any atom is -0.382 e. The second-order valence-electron chi connectivity index (χ2n) is 2.27. The first kappa shape index (κ1) is 2.96. The summed E-state index contributed by atoms with van der Waals surface area (Å²) >= 11 is 0. The van der Waals surface area contributed by atoms with Gasteiger partial charge in [0.05, 0.1) is 0 Å². The summed E-state index contributed by atoms with van der Waals surface area (Å²) in [7, 11) is 0. The van der Waals surface area contributed by atoms with Crippen LogP contribution in [0.5, 0.6) is 0 Å². The first-order valence-corrected chi connectivity index (χ1v) is 3.25. The van der Waals surface area contributed by atoms with Crippen molar-refractivity contribution in [3.63, 3.8) is 0 Å². The van der Waals surface area contributed by atoms with Crippen LogP contribution in [-0.4, -0.2) is 23.2 Å². The lowest BCUT2D eigenvalue weighted by molar-refractivity contribution is -0.127. The second kappa shape index (κ2) is 3.87. The molecule has 0 heterocycles. The van der Waals surface area contributed by atoms with Gasteiger partial charge in [0.25, 0.3) is 0 Å². The highest BCUT2D eigenvalue weighted by Crippen LogP contribution is 2.30. The predicted octanol–water partition coefficient (Wildman–Crippen LogP) is -0.650. The lowest BCUT2D eigenvalue weighted by Crippen LogP contribution is -2.45. The van der Waals surface area contributed by atoms with E-state index in [1.165, 1.54) is 0 Å². The number of aliphatic hydroxyl groups excluding tert-OH is 1. The fourth-order valence-electron chi connectivity index (χ4n) is 0.620. The minimum atomic E-state index is -3.29. The molecule has 0 bridgehead atoms. The number of primary amides is 1. The quantitative estimate of drug-likeness (QED) is 0.538. The molecule has 2 unspecified atom stereocenters. The van der Waals surface area contributed by atoms with Crippen molar-refractivity contribution < 1.29 is 22.2 Å². The molecule has 0 aliphatic heterocycles. The van der Waals surface area contributed by atoms with Gasteiger partial charge >= 0.3 is 0 Å². The van der Waals surface area contributed by atoms with Gasteiger partial charge in [-0.15, -0.1) is 0 Å². The highest BCUT2D eigenvalue weighted by molar-refractivity contribution is 5.79. The van der Waals surface area contributed by atoms with E-state index in [1.807, 2.05) is 0 Å². The highest BCUT2D eigenvalue weighted by atomic mass is 16.3. The molecule has 0 radical (unpaired) electrons. The summed E-state index contributed by atoms with van der Waals surface area (Å²) in [5.41, 5.74) is 10.1. The van der Waals surface area contributed by atoms with Crippen LogP contribution in [0.25, 0.3) is 0 Å². The smallest absolute Gasteiger partial charge is 0.247 e. The van der Waals surface area contributed by atoms with Crippen molar-refractivity contribution >= 4 is 5.91 Å². The Kier molecular flexibility index (Phi) is 0.953. The molecule has 1 rings (SSSR count). The van der Waals surface area contributed by atoms with Crippen LogP contribution < -0.4 is 11.5 Å². The van der Waals surface area contributed by atoms with Crippen LogP contribution in [0.15, 0.2) is 0 Å². The number of carbonyl (C=O) groups is 1. The van der Waals surface area contributed by atoms with Gasteiger partial charge in [-0.3, -0.25) is 4.79 Å². The topological polar surface area (TPSA) is 89.3 Å². The van der Waals surface area contributed by atoms with Gasteiger partial charge in [-0.25, -0.2) is 0 Å². The number of rotatable bonds is 4. The summed E-state index contributed by atoms with van der Waals surface area (Å²) in [6.45, 7) is 0. The van der Waals surface area contributed by atoms with E-state index in [1.54, 1.807) is 0 Å². The van der Waals surface area contributed by atoms with E-state index in [4.69, 9.17) is 23.8 Å². The molecule has 1 fully saturated rings. The lowest BCUT2D eigenvalue weighted by Gasteiger charge is -2.29. The minimum absolute atomic E-state index is 1.42. The van der Waals surface area contributed by atoms with Crippen LogP contribution in [0.4, 0.5) is 0 Å². The van der Waals surface area contributed by atoms with Crippen LogP contribution in [0.1, 0.15) is 37.8 Å². The zero-order valence-corrected chi connectivity index (χ0v) is 6.16. The van der Waals surface area contributed by atoms with E-state index in [0.29, 0.717) is 0 Å². The molecule has 70 valence electrons. The van der Waals surface area contributed by atoms with Gasteiger partial charge in [-0.05, 0) is 12.3 Å². The van der Waals surface area contributed by atoms with Crippen molar-refractivity contribution in [1.82, 2.24) is 0 Å². The van der Waals surface area contributed by atoms with Gasteiger partial charge in [0.1, 0.15) is 6.10 Å². The van der Waals surface area contributed by atoms with Crippen molar-refractivity contribution in [3.05, 3.63) is 0 Å². The Hall–Kier alpha value is -0.610. The van der Waals surface area contributed by atoms with Gasteiger partial charge in [0, 0.05) is 18.4 Å². The molecule has 4 nitrogen and oxygen atoms in total. The normalized spacial score (nSPS) is 50.3. The van der Waals surface area contributed by atoms with Gasteiger partial charge in [-0.2, -0.15) is 0 Å². The monoisotopic (exact) mass is 181 g/mol. The van der Waals surface area contributed by atoms with Crippen molar-refractivity contribution in [2.75, 3.05) is 0 Å². The summed E-state index contributed by atoms with van der Waals surface area (Å²) in [6.07, 6.45) is -15.2. The predicted molar refractivity (Wildman–Crippen MR) is 45.1 cm³/mol. The van der Waals surface area contributed by atoms with E-state index in [-0.39, 0.29) is 0 Å². The molecule has 1 amide bonds. The zero-order valence-electron chi connectivity index (χ0n) is 15.2. The second-order valence-corrected chi connectivity index (χ2v) is 2.27. The number of hydrogen-bond donors (Lipinski definition) is 3. The van der Waals surface area contributed by atoms with Gasteiger partial charge < -0.3 is 16.6 Å². The summed E-state index contributed by atoms with van der Waals surface area (Å²) in [5.74, 6) is -4.70. The Bertz CT molecular complexity index is 449. The summed E-state index contributed by atoms with van der Waals surface area (Å²) in [5, 5.41) is 9.42. The molecule has 1 aliphatic rings. The van der Waals surface area contributed by atoms with Crippen LogP contribution >= 0.6 is 0 Å². The van der Waals surface area contributed by atoms with Gasteiger partial charge in [0.2, 0.25) is 5.91 Å². The van der Waals surface area contributed by atoms with E-state index < -0.39 is 49.4 Å². The Morgan fingerprint density at radius 1 is 1.92 bits per heavy atom. The van der Waals surface area contributed by atoms with Crippen LogP contribution in [0.3, 0.4) is 0 Å². The largest absolute Gasteiger partial charge is 0.382 e. The average Bonchev–Trinajstić information content (AvgIpc) is 2.33. The number of carbonyl (C=O) groups excluding carboxylic acids is 1. The van der Waals surface area contributed by atoms with Crippen molar-refractivity contribution in [1.29, 1.82) is 0 Å². The summed E-state index contributed by atoms with van der Waals surface area (Å²) in [4.78, 5) is 10.9. The third kappa shape index (κ3) is 2.19. The maximum absolute atomic E-state index is 10.9. The lowest BCUT2D eigenvalue weighted by atomic mass is 9.80. The molecular weight excluding hydrogens is 156 g/mol. The fourth-order valence-corrected chi connectivity index (χ4v) is 0.620. The van der Waals surface area contributed by atoms with E-state index in [2.05, 4.69) is 0 Å². The van der Waals surface area contributed by atoms with Crippen molar-refractivity contribution in [2.45, 2.75) is 37.6 Å². The van der Waals surface area contributed by atoms with Crippen molar-refractivity contribution in [3.8, 4) is 0 Å². The fraction of sp³-hybridized carbons (Fsp3) is 0.875. The van der Waals surface area contributed by atoms with E-state index in [0.717, 1.165) is 0 Å². The number of amides is 1. The third-order valence-corrected chi connectivity index (χ3v) is 1.32. The molecule has 1 aliphatic carbocycles. The van der Waals surface area contributed by atoms with Crippen LogP contribution in [0.2, 0.25) is 0 Å². The van der Waals surface area contributed by atoms with Crippen LogP contribution in [-0.2, 0) is 4.79 Å². The molecule has 4 heteroatoms. The molecule has 12 heavy (non-hydrogen) atoms. The highest BCUT2D eigenvalue weighted by Gasteiger charge is 2.26. The Morgan fingerprint density at radius 2 is 2.50 bits per heavy atom. The third-order valence-electron chi connectivity index (χ3n) is 1.32. The maximum Gasteiger partial charge on any atom is 0.247 e. The molecular formula is C8H16N2O2. The van der Waals surface area contributed by atoms with Crippen molar-refractivity contribution in [2.24, 2.45) is 17.4 Å². The molecule has 0 saturated heterocycles. The van der Waals surface area contributed by atoms with E-state index in [9.17, 15) is 9.90 Å². The summed E-state index contributed by atoms with van der Waals surface area (Å²) < 4.78 is 68.3. The number of nitrogens with two attached hydrogens (primary N) is 2. The summed E-state index contributed by atoms with van der Waals surface area (Å²) in [6, 6.07) is -2.20. The number of aliphatic hydroxyl groups is 1. The number of hydrogen-bond acceptors (Lipinski definition) is 3. The zero-order chi connectivity index (χ0) is 17.2. The molecule has 5 N–H and O–H groups in total. The standard InChI is InChI=1S/C8H16N2O2/c9-6(7(11)8(10)12)4-5-2-1-3-5/h5-7,11H,1-4,9H2,(H2,10,12)/i1D2,2D2,3D2,4D2,5D. The van der Waals surface area contributed by atoms with Gasteiger partial charge in [0.15, 0.2) is 0 Å². The Balaban J connectivity index is 3.40. The first-order chi connectivity index (χ1) is 9.01. The van der Waals surface area contributed by atoms with Crippen LogP contribution in [0, 0.1) is 5.89 Å². The molecule has 0 spiro atoms. The molecule has 0 aromatic heterocycles. The molecule has 1 saturated carbocycles. The SMILES string of the molecule is [2H]C([2H])(C(N)C(O)C(N)=O)C1([2H])C([2H])([2H])C([2H])([2H])C1([2H])[2H]. The Labute approximate surface area is 84.6 Å².